The predicted octanol–water partition coefficient (Wildman–Crippen LogP) is -2.34. The van der Waals surface area contributed by atoms with E-state index < -0.39 is 54.7 Å². The van der Waals surface area contributed by atoms with Gasteiger partial charge < -0.3 is 53.0 Å². The molecule has 2 aliphatic rings. The fourth-order valence-electron chi connectivity index (χ4n) is 3.73. The predicted molar refractivity (Wildman–Crippen MR) is 134 cm³/mol. The van der Waals surface area contributed by atoms with Gasteiger partial charge in [0.2, 0.25) is 11.8 Å². The van der Waals surface area contributed by atoms with Gasteiger partial charge in [-0.2, -0.15) is 0 Å². The van der Waals surface area contributed by atoms with Crippen molar-refractivity contribution in [3.8, 4) is 17.2 Å². The second kappa shape index (κ2) is 12.2. The van der Waals surface area contributed by atoms with E-state index in [1.165, 1.54) is 18.2 Å². The topological polar surface area (TPSA) is 256 Å². The largest absolute Gasteiger partial charge is 0.504 e. The molecular formula is C24H30N6O8. The fourth-order valence-corrected chi connectivity index (χ4v) is 3.73. The van der Waals surface area contributed by atoms with Gasteiger partial charge in [0.1, 0.15) is 30.0 Å². The summed E-state index contributed by atoms with van der Waals surface area (Å²) in [5, 5.41) is 45.5. The number of aliphatic imine (C=N–C) groups is 1. The number of nitrogens with two attached hydrogens (primary N) is 3. The number of aliphatic hydroxyl groups is 2. The maximum atomic E-state index is 13.1. The number of rotatable bonds is 5. The number of amides is 2. The van der Waals surface area contributed by atoms with E-state index in [-0.39, 0.29) is 30.3 Å². The van der Waals surface area contributed by atoms with Crippen LogP contribution >= 0.6 is 0 Å². The summed E-state index contributed by atoms with van der Waals surface area (Å²) in [7, 11) is 0. The van der Waals surface area contributed by atoms with E-state index in [1.807, 2.05) is 0 Å². The molecule has 38 heavy (non-hydrogen) atoms. The number of carboxylic acid groups (broad SMARTS) is 1. The highest BCUT2D eigenvalue weighted by Crippen LogP contribution is 2.32. The van der Waals surface area contributed by atoms with Crippen LogP contribution in [0.1, 0.15) is 11.1 Å². The minimum Gasteiger partial charge on any atom is -0.504 e. The van der Waals surface area contributed by atoms with Crippen molar-refractivity contribution in [2.45, 2.75) is 43.2 Å². The molecule has 2 aromatic carbocycles. The highest BCUT2D eigenvalue weighted by atomic mass is 16.5. The molecule has 0 spiro atoms. The fraction of sp³-hybridized carbons (Fsp3) is 0.333. The van der Waals surface area contributed by atoms with Crippen LogP contribution in [0.5, 0.6) is 17.2 Å². The number of carbonyl (C=O) groups excluding carboxylic acids is 2. The van der Waals surface area contributed by atoms with Gasteiger partial charge in [0, 0.05) is 6.42 Å². The molecule has 14 nitrogen and oxygen atoms in total. The van der Waals surface area contributed by atoms with E-state index in [0.717, 1.165) is 0 Å². The summed E-state index contributed by atoms with van der Waals surface area (Å²) >= 11 is 0. The van der Waals surface area contributed by atoms with Crippen LogP contribution in [-0.2, 0) is 27.2 Å². The van der Waals surface area contributed by atoms with Crippen molar-refractivity contribution in [2.24, 2.45) is 22.2 Å². The lowest BCUT2D eigenvalue weighted by Gasteiger charge is -2.28. The zero-order chi connectivity index (χ0) is 28.0. The van der Waals surface area contributed by atoms with E-state index in [4.69, 9.17) is 21.9 Å². The lowest BCUT2D eigenvalue weighted by Crippen LogP contribution is -2.61. The van der Waals surface area contributed by atoms with E-state index in [0.29, 0.717) is 16.9 Å². The zero-order valence-corrected chi connectivity index (χ0v) is 20.2. The Labute approximate surface area is 217 Å². The maximum absolute atomic E-state index is 13.1. The number of hydrogen-bond donors (Lipinski definition) is 9. The second-order valence-electron chi connectivity index (χ2n) is 8.77. The van der Waals surface area contributed by atoms with Crippen LogP contribution in [0.25, 0.3) is 0 Å². The molecule has 0 saturated heterocycles. The molecule has 0 aliphatic carbocycles. The summed E-state index contributed by atoms with van der Waals surface area (Å²) in [5.74, 6) is -3.43. The molecule has 12 N–H and O–H groups in total. The summed E-state index contributed by atoms with van der Waals surface area (Å²) < 4.78 is 5.73. The lowest BCUT2D eigenvalue weighted by atomic mass is 10.0. The molecule has 0 fully saturated rings. The van der Waals surface area contributed by atoms with Gasteiger partial charge in [0.05, 0.1) is 12.6 Å². The number of benzene rings is 2. The van der Waals surface area contributed by atoms with Gasteiger partial charge in [-0.3, -0.25) is 14.6 Å². The number of phenolic OH excluding ortho intramolecular Hbond substituents is 1. The number of aromatic hydroxyl groups is 1. The summed E-state index contributed by atoms with van der Waals surface area (Å²) in [5.41, 5.74) is 17.6. The number of carboxylic acids is 1. The lowest BCUT2D eigenvalue weighted by molar-refractivity contribution is -0.143. The molecule has 0 saturated carbocycles. The Morgan fingerprint density at radius 1 is 1.03 bits per heavy atom. The molecule has 5 unspecified atom stereocenters. The third-order valence-electron chi connectivity index (χ3n) is 5.80. The normalized spacial score (nSPS) is 21.7. The number of ether oxygens (including phenoxy) is 1. The van der Waals surface area contributed by atoms with Crippen molar-refractivity contribution >= 4 is 23.7 Å². The van der Waals surface area contributed by atoms with Gasteiger partial charge in [-0.1, -0.05) is 18.2 Å². The van der Waals surface area contributed by atoms with E-state index >= 15 is 0 Å². The maximum Gasteiger partial charge on any atom is 0.326 e. The van der Waals surface area contributed by atoms with E-state index in [1.54, 1.807) is 24.3 Å². The number of guanidine groups is 1. The van der Waals surface area contributed by atoms with Gasteiger partial charge >= 0.3 is 5.97 Å². The number of nitrogens with zero attached hydrogens (tertiary/aromatic N) is 1. The molecule has 4 rings (SSSR count). The van der Waals surface area contributed by atoms with Gasteiger partial charge in [-0.15, -0.1) is 0 Å². The van der Waals surface area contributed by atoms with Crippen LogP contribution in [0, 0.1) is 0 Å². The Kier molecular flexibility index (Phi) is 9.07. The molecule has 14 heteroatoms. The van der Waals surface area contributed by atoms with Crippen LogP contribution in [-0.4, -0.2) is 81.0 Å². The second-order valence-corrected chi connectivity index (χ2v) is 8.77. The number of carbonyl (C=O) groups is 3. The first-order chi connectivity index (χ1) is 17.9. The molecule has 2 aromatic rings. The van der Waals surface area contributed by atoms with Gasteiger partial charge in [0.25, 0.3) is 0 Å². The first-order valence-electron chi connectivity index (χ1n) is 11.5. The number of phenols is 1. The summed E-state index contributed by atoms with van der Waals surface area (Å²) in [6.07, 6.45) is -3.85. The van der Waals surface area contributed by atoms with Gasteiger partial charge in [0.15, 0.2) is 17.5 Å². The van der Waals surface area contributed by atoms with Crippen LogP contribution in [0.3, 0.4) is 0 Å². The van der Waals surface area contributed by atoms with Crippen molar-refractivity contribution in [2.75, 3.05) is 6.54 Å². The summed E-state index contributed by atoms with van der Waals surface area (Å²) in [6, 6.07) is 6.17. The third kappa shape index (κ3) is 7.32. The first-order valence-corrected chi connectivity index (χ1v) is 11.5. The SMILES string of the molecule is NC(N)=NCC(O)C(O)C1NC(=O)C(N)Cc2ccc(O)c(c2)Oc2ccc(cc2)CC(C(=O)O)NC1=O. The zero-order valence-electron chi connectivity index (χ0n) is 20.2. The Hall–Kier alpha value is -4.40. The highest BCUT2D eigenvalue weighted by Gasteiger charge is 2.36. The van der Waals surface area contributed by atoms with E-state index in [9.17, 15) is 34.8 Å². The Bertz CT molecular complexity index is 1200. The van der Waals surface area contributed by atoms with Crippen LogP contribution in [0.4, 0.5) is 0 Å². The molecule has 2 amide bonds. The number of aliphatic carboxylic acids is 1. The number of fused-ring (bicyclic) bond motifs is 10. The minimum absolute atomic E-state index is 0.0554. The average molecular weight is 531 g/mol. The molecule has 0 radical (unpaired) electrons. The molecule has 0 aromatic heterocycles. The molecule has 2 aliphatic heterocycles. The number of hydrogen-bond acceptors (Lipinski definition) is 9. The molecule has 204 valence electrons. The quantitative estimate of drug-likeness (QED) is 0.146. The van der Waals surface area contributed by atoms with Crippen LogP contribution < -0.4 is 32.6 Å². The number of nitrogens with one attached hydrogen (secondary N) is 2. The molecule has 5 atom stereocenters. The van der Waals surface area contributed by atoms with Gasteiger partial charge in [-0.05, 0) is 41.8 Å². The van der Waals surface area contributed by atoms with Crippen molar-refractivity contribution in [3.05, 3.63) is 53.6 Å². The van der Waals surface area contributed by atoms with Crippen LogP contribution in [0.15, 0.2) is 47.5 Å². The monoisotopic (exact) mass is 530 g/mol. The smallest absolute Gasteiger partial charge is 0.326 e. The summed E-state index contributed by atoms with van der Waals surface area (Å²) in [4.78, 5) is 41.5. The first kappa shape index (κ1) is 28.2. The Balaban J connectivity index is 1.99. The Morgan fingerprint density at radius 2 is 1.68 bits per heavy atom. The summed E-state index contributed by atoms with van der Waals surface area (Å²) in [6.45, 7) is -0.500. The third-order valence-corrected chi connectivity index (χ3v) is 5.80. The molecule has 2 heterocycles. The Morgan fingerprint density at radius 3 is 2.32 bits per heavy atom. The number of aliphatic hydroxyl groups excluding tert-OH is 2. The van der Waals surface area contributed by atoms with Gasteiger partial charge in [-0.25, -0.2) is 4.79 Å². The minimum atomic E-state index is -1.93. The average Bonchev–Trinajstić information content (AvgIpc) is 2.87. The van der Waals surface area contributed by atoms with Crippen molar-refractivity contribution in [1.29, 1.82) is 0 Å². The molecule has 4 bridgehead atoms. The van der Waals surface area contributed by atoms with Crippen molar-refractivity contribution < 1.29 is 39.5 Å². The van der Waals surface area contributed by atoms with E-state index in [2.05, 4.69) is 15.6 Å². The van der Waals surface area contributed by atoms with Crippen LogP contribution in [0.2, 0.25) is 0 Å². The highest BCUT2D eigenvalue weighted by molar-refractivity contribution is 5.92. The molecular weight excluding hydrogens is 500 g/mol. The van der Waals surface area contributed by atoms with Crippen molar-refractivity contribution in [3.63, 3.8) is 0 Å². The van der Waals surface area contributed by atoms with Crippen molar-refractivity contribution in [1.82, 2.24) is 10.6 Å². The standard InChI is InChI=1S/C24H30N6O8/c25-14-7-12-3-6-16(31)18(9-12)38-13-4-1-11(2-5-13)8-15(23(36)37)29-22(35)19(30-21(14)34)20(33)17(32)10-28-24(26)27/h1-6,9,14-15,17,19-20,31-33H,7-8,10,25H2,(H,29,35)(H,30,34)(H,36,37)(H4,26,27,28).